The van der Waals surface area contributed by atoms with Crippen LogP contribution < -0.4 is 5.32 Å². The van der Waals surface area contributed by atoms with Crippen LogP contribution in [0.15, 0.2) is 71.3 Å². The fourth-order valence-corrected chi connectivity index (χ4v) is 7.15. The number of hydrogen-bond acceptors (Lipinski definition) is 4. The molecule has 0 spiro atoms. The van der Waals surface area contributed by atoms with Gasteiger partial charge in [-0.3, -0.25) is 4.79 Å². The fourth-order valence-electron chi connectivity index (χ4n) is 7.15. The molecule has 3 aromatic rings. The Hall–Kier alpha value is -2.96. The van der Waals surface area contributed by atoms with Crippen molar-refractivity contribution >= 4 is 5.91 Å². The van der Waals surface area contributed by atoms with Gasteiger partial charge in [-0.2, -0.15) is 0 Å². The lowest BCUT2D eigenvalue weighted by Crippen LogP contribution is -2.66. The second-order valence-corrected chi connectivity index (χ2v) is 11.5. The minimum atomic E-state index is -1.21. The van der Waals surface area contributed by atoms with Crippen molar-refractivity contribution in [1.29, 1.82) is 0 Å². The highest BCUT2D eigenvalue weighted by atomic mass is 16.4. The molecule has 2 N–H and O–H groups in total. The number of hydrogen-bond donors (Lipinski definition) is 2. The van der Waals surface area contributed by atoms with Crippen LogP contribution in [-0.2, 0) is 12.1 Å². The molecule has 1 unspecified atom stereocenters. The van der Waals surface area contributed by atoms with E-state index in [4.69, 9.17) is 9.40 Å². The molecule has 6 heteroatoms. The highest BCUT2D eigenvalue weighted by Crippen LogP contribution is 2.44. The van der Waals surface area contributed by atoms with Gasteiger partial charge in [-0.05, 0) is 36.5 Å². The van der Waals surface area contributed by atoms with Gasteiger partial charge in [-0.15, -0.1) is 0 Å². The van der Waals surface area contributed by atoms with Crippen LogP contribution in [-0.4, -0.2) is 46.2 Å². The normalized spacial score (nSPS) is 27.5. The molecule has 4 fully saturated rings. The molecule has 3 aliphatic heterocycles. The average molecular weight is 501 g/mol. The van der Waals surface area contributed by atoms with E-state index in [1.54, 1.807) is 0 Å². The molecular formula is C31H38N3O3+. The number of carbonyl (C=O) groups is 1. The van der Waals surface area contributed by atoms with Gasteiger partial charge in [0.05, 0.1) is 31.9 Å². The van der Waals surface area contributed by atoms with E-state index >= 15 is 0 Å². The highest BCUT2D eigenvalue weighted by Gasteiger charge is 2.48. The zero-order valence-corrected chi connectivity index (χ0v) is 21.5. The minimum absolute atomic E-state index is 0.0138. The van der Waals surface area contributed by atoms with E-state index in [1.165, 1.54) is 6.42 Å². The summed E-state index contributed by atoms with van der Waals surface area (Å²) in [6, 6.07) is 19.6. The second-order valence-electron chi connectivity index (χ2n) is 11.5. The lowest BCUT2D eigenvalue weighted by atomic mass is 9.73. The Morgan fingerprint density at radius 3 is 2.35 bits per heavy atom. The summed E-state index contributed by atoms with van der Waals surface area (Å²) in [6.07, 6.45) is 9.49. The first kappa shape index (κ1) is 24.4. The van der Waals surface area contributed by atoms with Gasteiger partial charge in [-0.25, -0.2) is 4.98 Å². The third kappa shape index (κ3) is 4.73. The number of nitrogens with zero attached hydrogens (tertiary/aromatic N) is 2. The number of rotatable bonds is 7. The van der Waals surface area contributed by atoms with E-state index in [0.29, 0.717) is 17.4 Å². The third-order valence-corrected chi connectivity index (χ3v) is 9.23. The Kier molecular flexibility index (Phi) is 6.63. The number of carbonyl (C=O) groups excluding carboxylic acids is 1. The number of piperidine rings is 3. The first-order valence-electron chi connectivity index (χ1n) is 14.0. The summed E-state index contributed by atoms with van der Waals surface area (Å²) < 4.78 is 7.33. The van der Waals surface area contributed by atoms with Gasteiger partial charge in [0.1, 0.15) is 6.54 Å². The molecule has 2 aromatic carbocycles. The molecule has 4 heterocycles. The van der Waals surface area contributed by atoms with E-state index in [-0.39, 0.29) is 17.9 Å². The van der Waals surface area contributed by atoms with Crippen molar-refractivity contribution in [1.82, 2.24) is 10.3 Å². The maximum atomic E-state index is 12.9. The quantitative estimate of drug-likeness (QED) is 0.446. The Morgan fingerprint density at radius 1 is 0.973 bits per heavy atom. The zero-order chi connectivity index (χ0) is 25.3. The van der Waals surface area contributed by atoms with Gasteiger partial charge >= 0.3 is 0 Å². The Morgan fingerprint density at radius 2 is 1.65 bits per heavy atom. The van der Waals surface area contributed by atoms with E-state index in [9.17, 15) is 9.90 Å². The summed E-state index contributed by atoms with van der Waals surface area (Å²) in [6.45, 7) is 3.83. The number of aromatic nitrogens is 1. The predicted molar refractivity (Wildman–Crippen MR) is 142 cm³/mol. The molecule has 1 saturated carbocycles. The number of amides is 1. The van der Waals surface area contributed by atoms with E-state index in [2.05, 4.69) is 5.32 Å². The van der Waals surface area contributed by atoms with Crippen LogP contribution in [0.3, 0.4) is 0 Å². The zero-order valence-electron chi connectivity index (χ0n) is 21.5. The summed E-state index contributed by atoms with van der Waals surface area (Å²) in [4.78, 5) is 17.6. The van der Waals surface area contributed by atoms with Crippen molar-refractivity contribution < 1.29 is 18.8 Å². The smallest absolute Gasteiger partial charge is 0.251 e. The van der Waals surface area contributed by atoms with E-state index in [1.807, 2.05) is 66.9 Å². The average Bonchev–Trinajstić information content (AvgIpc) is 3.43. The van der Waals surface area contributed by atoms with Crippen molar-refractivity contribution in [3.63, 3.8) is 0 Å². The number of quaternary nitrogens is 1. The molecule has 37 heavy (non-hydrogen) atoms. The number of fused-ring (bicyclic) bond motifs is 3. The van der Waals surface area contributed by atoms with E-state index < -0.39 is 5.60 Å². The number of oxazole rings is 1. The van der Waals surface area contributed by atoms with Gasteiger partial charge in [0, 0.05) is 24.3 Å². The maximum Gasteiger partial charge on any atom is 0.251 e. The summed E-state index contributed by atoms with van der Waals surface area (Å²) in [5, 5.41) is 15.5. The molecule has 6 nitrogen and oxygen atoms in total. The molecule has 3 saturated heterocycles. The van der Waals surface area contributed by atoms with Gasteiger partial charge in [-0.1, -0.05) is 67.8 Å². The molecular weight excluding hydrogens is 462 g/mol. The van der Waals surface area contributed by atoms with Crippen molar-refractivity contribution in [2.45, 2.75) is 63.1 Å². The lowest BCUT2D eigenvalue weighted by Gasteiger charge is -2.52. The number of aliphatic hydroxyl groups is 1. The standard InChI is InChI=1S/C31H37N3O3/c35-29(24-10-4-1-5-11-24)33-28-22-34(18-16-23(28)17-19-34)21-27-20-32-30(37-27)31(36,25-12-6-2-7-13-25)26-14-8-3-9-15-26/h1-2,4-7,10-13,20,23,26,28,36H,3,8-9,14-19,21-22H2/p+1/t23?,28?,31-,34?/m0/s1. The Bertz CT molecular complexity index is 1200. The monoisotopic (exact) mass is 500 g/mol. The van der Waals surface area contributed by atoms with Crippen LogP contribution in [0.25, 0.3) is 0 Å². The molecule has 0 radical (unpaired) electrons. The first-order valence-corrected chi connectivity index (χ1v) is 14.0. The molecule has 1 aliphatic carbocycles. The molecule has 194 valence electrons. The minimum Gasteiger partial charge on any atom is -0.436 e. The van der Waals surface area contributed by atoms with Crippen LogP contribution in [0.5, 0.6) is 0 Å². The molecule has 7 rings (SSSR count). The number of benzene rings is 2. The summed E-state index contributed by atoms with van der Waals surface area (Å²) in [7, 11) is 0. The predicted octanol–water partition coefficient (Wildman–Crippen LogP) is 5.03. The second kappa shape index (κ2) is 10.1. The fraction of sp³-hybridized carbons (Fsp3) is 0.484. The van der Waals surface area contributed by atoms with Crippen molar-refractivity contribution in [3.8, 4) is 0 Å². The Labute approximate surface area is 219 Å². The van der Waals surface area contributed by atoms with Crippen molar-refractivity contribution in [2.75, 3.05) is 19.6 Å². The largest absolute Gasteiger partial charge is 0.436 e. The van der Waals surface area contributed by atoms with Crippen LogP contribution in [0.2, 0.25) is 0 Å². The molecule has 1 aromatic heterocycles. The summed E-state index contributed by atoms with van der Waals surface area (Å²) in [5.41, 5.74) is 0.374. The van der Waals surface area contributed by atoms with Crippen molar-refractivity contribution in [2.24, 2.45) is 11.8 Å². The molecule has 2 atom stereocenters. The summed E-state index contributed by atoms with van der Waals surface area (Å²) >= 11 is 0. The van der Waals surface area contributed by atoms with Crippen LogP contribution in [0.4, 0.5) is 0 Å². The van der Waals surface area contributed by atoms with Crippen molar-refractivity contribution in [3.05, 3.63) is 89.6 Å². The topological polar surface area (TPSA) is 75.4 Å². The molecule has 2 bridgehead atoms. The lowest BCUT2D eigenvalue weighted by molar-refractivity contribution is -0.956. The molecule has 4 aliphatic rings. The SMILES string of the molecule is O=C(NC1C[N+]2(Cc3cnc([C@](O)(c4ccccc4)C4CCCCC4)o3)CCC1CC2)c1ccccc1. The van der Waals surface area contributed by atoms with Gasteiger partial charge in [0.2, 0.25) is 5.89 Å². The van der Waals surface area contributed by atoms with Crippen LogP contribution in [0, 0.1) is 11.8 Å². The van der Waals surface area contributed by atoms with E-state index in [0.717, 1.165) is 80.5 Å². The van der Waals surface area contributed by atoms with Gasteiger partial charge in [0.25, 0.3) is 5.91 Å². The van der Waals surface area contributed by atoms with Gasteiger partial charge < -0.3 is 19.3 Å². The van der Waals surface area contributed by atoms with Crippen LogP contribution in [0.1, 0.15) is 72.5 Å². The molecule has 1 amide bonds. The highest BCUT2D eigenvalue weighted by molar-refractivity contribution is 5.94. The third-order valence-electron chi connectivity index (χ3n) is 9.23. The maximum absolute atomic E-state index is 12.9. The van der Waals surface area contributed by atoms with Crippen LogP contribution >= 0.6 is 0 Å². The Balaban J connectivity index is 1.21. The first-order chi connectivity index (χ1) is 18.1. The van der Waals surface area contributed by atoms with Gasteiger partial charge in [0.15, 0.2) is 11.4 Å². The number of nitrogens with one attached hydrogen (secondary N) is 1. The summed E-state index contributed by atoms with van der Waals surface area (Å²) in [5.74, 6) is 1.91.